The summed E-state index contributed by atoms with van der Waals surface area (Å²) < 4.78 is 0. The van der Waals surface area contributed by atoms with Gasteiger partial charge in [-0.05, 0) is 13.3 Å². The first-order valence-electron chi connectivity index (χ1n) is 5.27. The third-order valence-corrected chi connectivity index (χ3v) is 2.51. The van der Waals surface area contributed by atoms with Crippen LogP contribution in [0.4, 0.5) is 0 Å². The Morgan fingerprint density at radius 3 is 2.71 bits per heavy atom. The van der Waals surface area contributed by atoms with E-state index in [1.807, 2.05) is 13.8 Å². The molecule has 80 valence electrons. The molecule has 4 heteroatoms. The average Bonchev–Trinajstić information content (AvgIpc) is 2.29. The number of hydrogen-bond donors (Lipinski definition) is 1. The summed E-state index contributed by atoms with van der Waals surface area (Å²) in [5.74, 6) is 0.0629. The van der Waals surface area contributed by atoms with Gasteiger partial charge < -0.3 is 10.2 Å². The van der Waals surface area contributed by atoms with Crippen molar-refractivity contribution in [2.75, 3.05) is 13.1 Å². The molecule has 4 nitrogen and oxygen atoms in total. The molecule has 0 aliphatic carbocycles. The van der Waals surface area contributed by atoms with Crippen molar-refractivity contribution in [2.45, 2.75) is 39.2 Å². The van der Waals surface area contributed by atoms with Crippen LogP contribution in [0.3, 0.4) is 0 Å². The van der Waals surface area contributed by atoms with Crippen LogP contribution in [0.15, 0.2) is 0 Å². The molecular weight excluding hydrogens is 180 g/mol. The van der Waals surface area contributed by atoms with Crippen LogP contribution in [0.5, 0.6) is 0 Å². The molecule has 1 N–H and O–H groups in total. The van der Waals surface area contributed by atoms with Gasteiger partial charge in [0.15, 0.2) is 0 Å². The lowest BCUT2D eigenvalue weighted by atomic mass is 10.1. The van der Waals surface area contributed by atoms with Crippen molar-refractivity contribution in [3.63, 3.8) is 0 Å². The first-order chi connectivity index (χ1) is 6.69. The van der Waals surface area contributed by atoms with Crippen LogP contribution >= 0.6 is 0 Å². The highest BCUT2D eigenvalue weighted by atomic mass is 16.2. The first-order valence-corrected chi connectivity index (χ1v) is 5.27. The molecule has 2 amide bonds. The Hall–Kier alpha value is -1.06. The van der Waals surface area contributed by atoms with Crippen LogP contribution in [0.25, 0.3) is 0 Å². The predicted octanol–water partition coefficient (Wildman–Crippen LogP) is 0.523. The summed E-state index contributed by atoms with van der Waals surface area (Å²) in [6.45, 7) is 5.20. The first kappa shape index (κ1) is 11.0. The summed E-state index contributed by atoms with van der Waals surface area (Å²) in [4.78, 5) is 24.9. The van der Waals surface area contributed by atoms with Gasteiger partial charge in [0.2, 0.25) is 11.8 Å². The lowest BCUT2D eigenvalue weighted by Crippen LogP contribution is -2.44. The van der Waals surface area contributed by atoms with Gasteiger partial charge in [-0.25, -0.2) is 0 Å². The monoisotopic (exact) mass is 198 g/mol. The standard InChI is InChI=1S/C10H18N2O2/c1-3-5-8-10(14)12(4-2)7-6-9(13)11-8/h8H,3-7H2,1-2H3,(H,11,13). The van der Waals surface area contributed by atoms with Crippen molar-refractivity contribution >= 4 is 11.8 Å². The number of amides is 2. The van der Waals surface area contributed by atoms with E-state index < -0.39 is 0 Å². The molecule has 1 fully saturated rings. The molecule has 0 bridgehead atoms. The molecule has 14 heavy (non-hydrogen) atoms. The van der Waals surface area contributed by atoms with Crippen LogP contribution in [0, 0.1) is 0 Å². The van der Waals surface area contributed by atoms with Gasteiger partial charge in [0, 0.05) is 19.5 Å². The predicted molar refractivity (Wildman–Crippen MR) is 53.7 cm³/mol. The summed E-state index contributed by atoms with van der Waals surface area (Å²) in [5.41, 5.74) is 0. The maximum absolute atomic E-state index is 11.8. The molecule has 0 aromatic rings. The van der Waals surface area contributed by atoms with E-state index in [4.69, 9.17) is 0 Å². The van der Waals surface area contributed by atoms with Gasteiger partial charge in [0.1, 0.15) is 6.04 Å². The minimum atomic E-state index is -0.296. The van der Waals surface area contributed by atoms with Crippen molar-refractivity contribution in [1.29, 1.82) is 0 Å². The van der Waals surface area contributed by atoms with E-state index >= 15 is 0 Å². The molecule has 1 heterocycles. The summed E-state index contributed by atoms with van der Waals surface area (Å²) in [5, 5.41) is 2.76. The number of likely N-dealkylation sites (N-methyl/N-ethyl adjacent to an activating group) is 1. The second-order valence-corrected chi connectivity index (χ2v) is 3.58. The van der Waals surface area contributed by atoms with Crippen LogP contribution in [0.2, 0.25) is 0 Å². The Morgan fingerprint density at radius 2 is 2.14 bits per heavy atom. The third kappa shape index (κ3) is 2.47. The zero-order valence-corrected chi connectivity index (χ0v) is 8.88. The van der Waals surface area contributed by atoms with Crippen LogP contribution in [-0.2, 0) is 9.59 Å². The Morgan fingerprint density at radius 1 is 1.43 bits per heavy atom. The molecular formula is C10H18N2O2. The summed E-state index contributed by atoms with van der Waals surface area (Å²) >= 11 is 0. The van der Waals surface area contributed by atoms with Crippen molar-refractivity contribution in [3.8, 4) is 0 Å². The maximum Gasteiger partial charge on any atom is 0.245 e. The Balaban J connectivity index is 2.70. The molecule has 0 aromatic heterocycles. The van der Waals surface area contributed by atoms with E-state index in [0.717, 1.165) is 12.8 Å². The lowest BCUT2D eigenvalue weighted by Gasteiger charge is -2.21. The summed E-state index contributed by atoms with van der Waals surface area (Å²) in [6.07, 6.45) is 2.08. The van der Waals surface area contributed by atoms with E-state index in [0.29, 0.717) is 19.5 Å². The summed E-state index contributed by atoms with van der Waals surface area (Å²) in [7, 11) is 0. The van der Waals surface area contributed by atoms with E-state index in [1.54, 1.807) is 4.90 Å². The average molecular weight is 198 g/mol. The quantitative estimate of drug-likeness (QED) is 0.719. The number of carbonyl (C=O) groups excluding carboxylic acids is 2. The molecule has 1 atom stereocenters. The largest absolute Gasteiger partial charge is 0.344 e. The van der Waals surface area contributed by atoms with Crippen LogP contribution in [0.1, 0.15) is 33.1 Å². The normalized spacial score (nSPS) is 23.3. The minimum Gasteiger partial charge on any atom is -0.344 e. The highest BCUT2D eigenvalue weighted by Crippen LogP contribution is 2.07. The lowest BCUT2D eigenvalue weighted by molar-refractivity contribution is -0.133. The van der Waals surface area contributed by atoms with Gasteiger partial charge in [-0.3, -0.25) is 9.59 Å². The van der Waals surface area contributed by atoms with E-state index in [2.05, 4.69) is 5.32 Å². The van der Waals surface area contributed by atoms with E-state index in [9.17, 15) is 9.59 Å². The molecule has 1 aliphatic heterocycles. The SMILES string of the molecule is CCCC1NC(=O)CCN(CC)C1=O. The second-order valence-electron chi connectivity index (χ2n) is 3.58. The number of nitrogens with zero attached hydrogens (tertiary/aromatic N) is 1. The number of nitrogens with one attached hydrogen (secondary N) is 1. The third-order valence-electron chi connectivity index (χ3n) is 2.51. The zero-order chi connectivity index (χ0) is 10.6. The molecule has 1 aliphatic rings. The van der Waals surface area contributed by atoms with Crippen LogP contribution in [-0.4, -0.2) is 35.8 Å². The Bertz CT molecular complexity index is 228. The van der Waals surface area contributed by atoms with Crippen molar-refractivity contribution < 1.29 is 9.59 Å². The molecule has 0 saturated carbocycles. The fourth-order valence-electron chi connectivity index (χ4n) is 1.69. The molecule has 1 unspecified atom stereocenters. The van der Waals surface area contributed by atoms with E-state index in [1.165, 1.54) is 0 Å². The van der Waals surface area contributed by atoms with Gasteiger partial charge in [-0.1, -0.05) is 13.3 Å². The second kappa shape index (κ2) is 4.98. The zero-order valence-electron chi connectivity index (χ0n) is 8.88. The number of hydrogen-bond acceptors (Lipinski definition) is 2. The Labute approximate surface area is 84.7 Å². The molecule has 0 radical (unpaired) electrons. The highest BCUT2D eigenvalue weighted by Gasteiger charge is 2.27. The molecule has 1 rings (SSSR count). The van der Waals surface area contributed by atoms with Gasteiger partial charge in [-0.15, -0.1) is 0 Å². The fraction of sp³-hybridized carbons (Fsp3) is 0.800. The van der Waals surface area contributed by atoms with Gasteiger partial charge >= 0.3 is 0 Å². The van der Waals surface area contributed by atoms with Gasteiger partial charge in [-0.2, -0.15) is 0 Å². The molecule has 0 spiro atoms. The van der Waals surface area contributed by atoms with Gasteiger partial charge in [0.25, 0.3) is 0 Å². The number of carbonyl (C=O) groups is 2. The fourth-order valence-corrected chi connectivity index (χ4v) is 1.69. The maximum atomic E-state index is 11.8. The van der Waals surface area contributed by atoms with Crippen molar-refractivity contribution in [2.24, 2.45) is 0 Å². The van der Waals surface area contributed by atoms with Crippen LogP contribution < -0.4 is 5.32 Å². The Kier molecular flexibility index (Phi) is 3.92. The minimum absolute atomic E-state index is 0.00671. The molecule has 0 aromatic carbocycles. The topological polar surface area (TPSA) is 49.4 Å². The van der Waals surface area contributed by atoms with E-state index in [-0.39, 0.29) is 17.9 Å². The number of rotatable bonds is 3. The highest BCUT2D eigenvalue weighted by molar-refractivity contribution is 5.89. The van der Waals surface area contributed by atoms with Gasteiger partial charge in [0.05, 0.1) is 0 Å². The van der Waals surface area contributed by atoms with Crippen molar-refractivity contribution in [3.05, 3.63) is 0 Å². The molecule has 1 saturated heterocycles. The summed E-state index contributed by atoms with van der Waals surface area (Å²) in [6, 6.07) is -0.296. The smallest absolute Gasteiger partial charge is 0.245 e. The van der Waals surface area contributed by atoms with Crippen molar-refractivity contribution in [1.82, 2.24) is 10.2 Å².